The molecule has 9 heteroatoms. The summed E-state index contributed by atoms with van der Waals surface area (Å²) in [5.74, 6) is -0.741. The van der Waals surface area contributed by atoms with Gasteiger partial charge in [-0.25, -0.2) is 18.1 Å². The lowest BCUT2D eigenvalue weighted by atomic mass is 9.99. The first kappa shape index (κ1) is 22.2. The van der Waals surface area contributed by atoms with E-state index < -0.39 is 15.9 Å². The monoisotopic (exact) mass is 471 g/mol. The molecule has 1 aliphatic rings. The number of hydrogen-bond acceptors (Lipinski definition) is 5. The Balaban J connectivity index is 1.69. The van der Waals surface area contributed by atoms with Crippen LogP contribution in [0.4, 0.5) is 0 Å². The van der Waals surface area contributed by atoms with Crippen molar-refractivity contribution in [1.82, 2.24) is 14.6 Å². The Bertz CT molecular complexity index is 1300. The maximum absolute atomic E-state index is 13.2. The molecular formula is C23H22ClN3O4S. The fourth-order valence-electron chi connectivity index (χ4n) is 3.86. The summed E-state index contributed by atoms with van der Waals surface area (Å²) in [6, 6.07) is 13.8. The molecule has 1 aliphatic heterocycles. The first-order chi connectivity index (χ1) is 15.2. The average molecular weight is 472 g/mol. The molecule has 166 valence electrons. The number of piperidine rings is 1. The summed E-state index contributed by atoms with van der Waals surface area (Å²) in [6.07, 6.45) is 4.04. The van der Waals surface area contributed by atoms with Crippen molar-refractivity contribution >= 4 is 44.3 Å². The molecule has 7 nitrogen and oxygen atoms in total. The highest BCUT2D eigenvalue weighted by Crippen LogP contribution is 2.29. The van der Waals surface area contributed by atoms with Gasteiger partial charge in [0.15, 0.2) is 0 Å². The average Bonchev–Trinajstić information content (AvgIpc) is 2.77. The van der Waals surface area contributed by atoms with Gasteiger partial charge in [0.1, 0.15) is 5.15 Å². The van der Waals surface area contributed by atoms with E-state index in [0.717, 1.165) is 49.7 Å². The normalized spacial score (nSPS) is 14.4. The number of carbonyl (C=O) groups excluding carboxylic acids is 2. The van der Waals surface area contributed by atoms with Crippen LogP contribution < -0.4 is 4.72 Å². The Kier molecular flexibility index (Phi) is 6.17. The molecule has 0 aliphatic carbocycles. The van der Waals surface area contributed by atoms with Crippen LogP contribution in [0.25, 0.3) is 22.0 Å². The Labute approximate surface area is 191 Å². The van der Waals surface area contributed by atoms with Crippen LogP contribution in [0.15, 0.2) is 48.5 Å². The summed E-state index contributed by atoms with van der Waals surface area (Å²) in [4.78, 5) is 31.4. The lowest BCUT2D eigenvalue weighted by Crippen LogP contribution is -2.35. The molecule has 4 rings (SSSR count). The van der Waals surface area contributed by atoms with Crippen LogP contribution in [-0.2, 0) is 10.0 Å². The third kappa shape index (κ3) is 4.92. The van der Waals surface area contributed by atoms with Gasteiger partial charge in [0.05, 0.1) is 17.3 Å². The molecule has 0 radical (unpaired) electrons. The number of nitrogens with zero attached hydrogens (tertiary/aromatic N) is 2. The minimum Gasteiger partial charge on any atom is -0.339 e. The molecule has 1 saturated heterocycles. The van der Waals surface area contributed by atoms with Crippen molar-refractivity contribution in [3.8, 4) is 11.1 Å². The number of rotatable bonds is 4. The van der Waals surface area contributed by atoms with E-state index in [2.05, 4.69) is 4.98 Å². The lowest BCUT2D eigenvalue weighted by Gasteiger charge is -2.27. The van der Waals surface area contributed by atoms with Gasteiger partial charge in [-0.2, -0.15) is 0 Å². The summed E-state index contributed by atoms with van der Waals surface area (Å²) >= 11 is 6.19. The zero-order valence-corrected chi connectivity index (χ0v) is 19.0. The van der Waals surface area contributed by atoms with Gasteiger partial charge >= 0.3 is 0 Å². The molecule has 1 fully saturated rings. The number of halogens is 1. The minimum absolute atomic E-state index is 0.0519. The van der Waals surface area contributed by atoms with Crippen LogP contribution in [0.5, 0.6) is 0 Å². The second kappa shape index (κ2) is 8.88. The van der Waals surface area contributed by atoms with Gasteiger partial charge in [0.2, 0.25) is 10.0 Å². The molecule has 2 amide bonds. The zero-order chi connectivity index (χ0) is 22.9. The fraction of sp³-hybridized carbons (Fsp3) is 0.261. The maximum Gasteiger partial charge on any atom is 0.264 e. The van der Waals surface area contributed by atoms with E-state index in [1.165, 1.54) is 0 Å². The van der Waals surface area contributed by atoms with Crippen LogP contribution in [-0.4, -0.2) is 49.5 Å². The second-order valence-corrected chi connectivity index (χ2v) is 9.99. The van der Waals surface area contributed by atoms with Crippen LogP contribution >= 0.6 is 11.6 Å². The standard InChI is InChI=1S/C23H22ClN3O4S/c1-32(30,31)26-22(28)16-7-5-15(6-8-16)17-9-10-20-18(13-17)19(14-21(24)25-20)23(29)27-11-3-2-4-12-27/h5-10,13-14H,2-4,11-12H2,1H3,(H,26,28). The number of aromatic nitrogens is 1. The number of carbonyl (C=O) groups is 2. The first-order valence-electron chi connectivity index (χ1n) is 10.2. The second-order valence-electron chi connectivity index (χ2n) is 7.86. The molecule has 0 bridgehead atoms. The van der Waals surface area contributed by atoms with Crippen molar-refractivity contribution in [2.75, 3.05) is 19.3 Å². The smallest absolute Gasteiger partial charge is 0.264 e. The Morgan fingerprint density at radius 3 is 2.28 bits per heavy atom. The highest BCUT2D eigenvalue weighted by atomic mass is 35.5. The largest absolute Gasteiger partial charge is 0.339 e. The first-order valence-corrected chi connectivity index (χ1v) is 12.5. The van der Waals surface area contributed by atoms with Gasteiger partial charge in [-0.3, -0.25) is 9.59 Å². The molecule has 0 spiro atoms. The molecule has 3 aromatic rings. The summed E-state index contributed by atoms with van der Waals surface area (Å²) < 4.78 is 24.5. The van der Waals surface area contributed by atoms with Crippen LogP contribution in [0.1, 0.15) is 40.0 Å². The van der Waals surface area contributed by atoms with E-state index in [1.54, 1.807) is 30.3 Å². The van der Waals surface area contributed by atoms with Crippen molar-refractivity contribution in [1.29, 1.82) is 0 Å². The third-order valence-corrected chi connectivity index (χ3v) is 6.16. The Hall–Kier alpha value is -2.97. The van der Waals surface area contributed by atoms with E-state index in [9.17, 15) is 18.0 Å². The fourth-order valence-corrected chi connectivity index (χ4v) is 4.51. The molecule has 1 aromatic heterocycles. The van der Waals surface area contributed by atoms with Crippen molar-refractivity contribution in [3.05, 3.63) is 64.8 Å². The van der Waals surface area contributed by atoms with E-state index in [1.807, 2.05) is 27.8 Å². The molecule has 2 heterocycles. The SMILES string of the molecule is CS(=O)(=O)NC(=O)c1ccc(-c2ccc3nc(Cl)cc(C(=O)N4CCCCC4)c3c2)cc1. The molecule has 0 atom stereocenters. The molecule has 1 N–H and O–H groups in total. The summed E-state index contributed by atoms with van der Waals surface area (Å²) in [5, 5.41) is 0.980. The van der Waals surface area contributed by atoms with Gasteiger partial charge in [-0.1, -0.05) is 29.8 Å². The van der Waals surface area contributed by atoms with Gasteiger partial charge in [0, 0.05) is 24.0 Å². The van der Waals surface area contributed by atoms with Crippen LogP contribution in [0.3, 0.4) is 0 Å². The van der Waals surface area contributed by atoms with E-state index in [4.69, 9.17) is 11.6 Å². The van der Waals surface area contributed by atoms with E-state index in [0.29, 0.717) is 16.5 Å². The molecule has 0 saturated carbocycles. The molecule has 2 aromatic carbocycles. The summed E-state index contributed by atoms with van der Waals surface area (Å²) in [5.41, 5.74) is 3.03. The number of likely N-dealkylation sites (tertiary alicyclic amines) is 1. The number of pyridine rings is 1. The quantitative estimate of drug-likeness (QED) is 0.582. The van der Waals surface area contributed by atoms with Crippen molar-refractivity contribution in [2.45, 2.75) is 19.3 Å². The summed E-state index contributed by atoms with van der Waals surface area (Å²) in [7, 11) is -3.64. The number of hydrogen-bond donors (Lipinski definition) is 1. The van der Waals surface area contributed by atoms with E-state index in [-0.39, 0.29) is 16.6 Å². The molecule has 32 heavy (non-hydrogen) atoms. The van der Waals surface area contributed by atoms with Crippen LogP contribution in [0, 0.1) is 0 Å². The predicted octanol–water partition coefficient (Wildman–Crippen LogP) is 3.87. The number of benzene rings is 2. The lowest BCUT2D eigenvalue weighted by molar-refractivity contribution is 0.0726. The molecule has 0 unspecified atom stereocenters. The van der Waals surface area contributed by atoms with E-state index >= 15 is 0 Å². The Morgan fingerprint density at radius 1 is 0.969 bits per heavy atom. The van der Waals surface area contributed by atoms with Gasteiger partial charge in [-0.15, -0.1) is 0 Å². The number of nitrogens with one attached hydrogen (secondary N) is 1. The number of amides is 2. The van der Waals surface area contributed by atoms with Crippen LogP contribution in [0.2, 0.25) is 5.15 Å². The minimum atomic E-state index is -3.64. The third-order valence-electron chi connectivity index (χ3n) is 5.41. The number of fused-ring (bicyclic) bond motifs is 1. The predicted molar refractivity (Wildman–Crippen MR) is 124 cm³/mol. The van der Waals surface area contributed by atoms with Crippen molar-refractivity contribution in [3.63, 3.8) is 0 Å². The zero-order valence-electron chi connectivity index (χ0n) is 17.5. The highest BCUT2D eigenvalue weighted by Gasteiger charge is 2.21. The summed E-state index contributed by atoms with van der Waals surface area (Å²) in [6.45, 7) is 1.47. The topological polar surface area (TPSA) is 96.4 Å². The maximum atomic E-state index is 13.2. The Morgan fingerprint density at radius 2 is 1.62 bits per heavy atom. The van der Waals surface area contributed by atoms with Crippen molar-refractivity contribution in [2.24, 2.45) is 0 Å². The van der Waals surface area contributed by atoms with Crippen molar-refractivity contribution < 1.29 is 18.0 Å². The molecular weight excluding hydrogens is 450 g/mol. The van der Waals surface area contributed by atoms with Gasteiger partial charge < -0.3 is 4.90 Å². The highest BCUT2D eigenvalue weighted by molar-refractivity contribution is 7.89. The number of sulfonamides is 1. The van der Waals surface area contributed by atoms with Gasteiger partial charge in [0.25, 0.3) is 11.8 Å². The van der Waals surface area contributed by atoms with Gasteiger partial charge in [-0.05, 0) is 60.7 Å².